The van der Waals surface area contributed by atoms with Crippen LogP contribution in [-0.2, 0) is 10.2 Å². The Labute approximate surface area is 295 Å². The fraction of sp³-hybridized carbons (Fsp3) is 0.500. The third kappa shape index (κ3) is 5.39. The maximum absolute atomic E-state index is 14.6. The van der Waals surface area contributed by atoms with E-state index in [-0.39, 0.29) is 23.9 Å². The normalized spacial score (nSPS) is 22.7. The minimum atomic E-state index is -0.464. The van der Waals surface area contributed by atoms with E-state index in [1.165, 1.54) is 12.0 Å². The molecule has 4 aliphatic rings. The molecular formula is C40H50N8O2. The number of carbonyl (C=O) groups is 2. The van der Waals surface area contributed by atoms with E-state index in [9.17, 15) is 9.59 Å². The maximum atomic E-state index is 14.6. The van der Waals surface area contributed by atoms with Gasteiger partial charge in [-0.2, -0.15) is 0 Å². The van der Waals surface area contributed by atoms with Crippen molar-refractivity contribution in [2.45, 2.75) is 90.3 Å². The highest BCUT2D eigenvalue weighted by Crippen LogP contribution is 2.52. The topological polar surface area (TPSA) is 107 Å². The fourth-order valence-electron chi connectivity index (χ4n) is 8.89. The predicted molar refractivity (Wildman–Crippen MR) is 199 cm³/mol. The lowest BCUT2D eigenvalue weighted by molar-refractivity contribution is -0.125. The molecule has 2 saturated heterocycles. The number of piperidine rings is 1. The van der Waals surface area contributed by atoms with Crippen molar-refractivity contribution in [2.24, 2.45) is 5.41 Å². The lowest BCUT2D eigenvalue weighted by atomic mass is 9.74. The van der Waals surface area contributed by atoms with Gasteiger partial charge in [-0.15, -0.1) is 0 Å². The quantitative estimate of drug-likeness (QED) is 0.211. The Hall–Kier alpha value is -4.28. The maximum Gasteiger partial charge on any atom is 0.251 e. The largest absolute Gasteiger partial charge is 0.355 e. The van der Waals surface area contributed by atoms with Crippen molar-refractivity contribution in [1.29, 1.82) is 0 Å². The van der Waals surface area contributed by atoms with E-state index < -0.39 is 5.41 Å². The summed E-state index contributed by atoms with van der Waals surface area (Å²) in [5.41, 5.74) is 7.91. The molecule has 0 atom stereocenters. The van der Waals surface area contributed by atoms with Gasteiger partial charge in [0.1, 0.15) is 5.52 Å². The first-order chi connectivity index (χ1) is 24.0. The Morgan fingerprint density at radius 2 is 1.80 bits per heavy atom. The zero-order valence-electron chi connectivity index (χ0n) is 30.3. The molecule has 0 bridgehead atoms. The molecule has 262 valence electrons. The molecule has 2 aromatic heterocycles. The molecule has 0 unspecified atom stereocenters. The summed E-state index contributed by atoms with van der Waals surface area (Å²) >= 11 is 0. The first-order valence-electron chi connectivity index (χ1n) is 18.4. The number of fused-ring (bicyclic) bond motifs is 3. The number of aryl methyl sites for hydroxylation is 1. The van der Waals surface area contributed by atoms with Crippen LogP contribution in [0.2, 0.25) is 0 Å². The summed E-state index contributed by atoms with van der Waals surface area (Å²) in [6.07, 6.45) is 6.81. The van der Waals surface area contributed by atoms with Crippen LogP contribution < -0.4 is 20.9 Å². The number of benzene rings is 2. The van der Waals surface area contributed by atoms with E-state index in [1.807, 2.05) is 31.5 Å². The fourth-order valence-corrected chi connectivity index (χ4v) is 8.89. The highest BCUT2D eigenvalue weighted by atomic mass is 16.2. The van der Waals surface area contributed by atoms with Gasteiger partial charge in [-0.1, -0.05) is 32.0 Å². The summed E-state index contributed by atoms with van der Waals surface area (Å²) in [5.74, 6) is 0.828. The predicted octanol–water partition coefficient (Wildman–Crippen LogP) is 6.32. The Morgan fingerprint density at radius 1 is 1.02 bits per heavy atom. The molecule has 1 spiro atoms. The Morgan fingerprint density at radius 3 is 2.50 bits per heavy atom. The van der Waals surface area contributed by atoms with Crippen molar-refractivity contribution < 1.29 is 9.59 Å². The van der Waals surface area contributed by atoms with Crippen LogP contribution in [0.5, 0.6) is 0 Å². The summed E-state index contributed by atoms with van der Waals surface area (Å²) in [6, 6.07) is 15.3. The molecule has 5 heterocycles. The van der Waals surface area contributed by atoms with E-state index in [1.54, 1.807) is 7.05 Å². The van der Waals surface area contributed by atoms with Gasteiger partial charge in [0.25, 0.3) is 5.91 Å². The lowest BCUT2D eigenvalue weighted by Crippen LogP contribution is -2.57. The molecule has 2 aromatic carbocycles. The monoisotopic (exact) mass is 674 g/mol. The average molecular weight is 675 g/mol. The SMILES string of the molecule is CNC(=O)c1cc(Nc2nc(-c3ccc4c(c3)N([C@H]3C[C@@H](N5CCC(C)(C)C5)C3)C(=O)C43CCNCC3)cc3ncn(C(C)C)c23)ccc1C. The van der Waals surface area contributed by atoms with Gasteiger partial charge in [0.05, 0.1) is 23.0 Å². The standard InChI is InChI=1S/C40H50N8O2/c1-24(2)47-23-43-33-21-32(45-36(35(33)47)44-27-9-7-25(3)30(18-27)37(49)41-6)26-8-10-31-34(17-26)48(38(50)40(31)11-14-42-15-12-40)29-19-28(20-29)46-16-13-39(4,5)22-46/h7-10,17-18,21,23-24,28-29,42H,11-16,19-20,22H2,1-6H3,(H,41,49)(H,44,45)/t28-,29+. The first-order valence-corrected chi connectivity index (χ1v) is 18.4. The lowest BCUT2D eigenvalue weighted by Gasteiger charge is -2.46. The molecule has 50 heavy (non-hydrogen) atoms. The molecule has 3 aliphatic heterocycles. The first kappa shape index (κ1) is 32.9. The number of hydrogen-bond donors (Lipinski definition) is 3. The summed E-state index contributed by atoms with van der Waals surface area (Å²) in [7, 11) is 1.65. The second-order valence-corrected chi connectivity index (χ2v) is 16.1. The minimum absolute atomic E-state index is 0.129. The van der Waals surface area contributed by atoms with Gasteiger partial charge in [0.2, 0.25) is 5.91 Å². The number of nitrogens with one attached hydrogen (secondary N) is 3. The number of imidazole rings is 1. The molecule has 10 heteroatoms. The van der Waals surface area contributed by atoms with Gasteiger partial charge in [-0.3, -0.25) is 14.5 Å². The molecule has 4 aromatic rings. The molecule has 1 aliphatic carbocycles. The zero-order valence-corrected chi connectivity index (χ0v) is 30.3. The molecule has 0 radical (unpaired) electrons. The van der Waals surface area contributed by atoms with Crippen molar-refractivity contribution in [2.75, 3.05) is 43.4 Å². The number of pyridine rings is 1. The van der Waals surface area contributed by atoms with Crippen LogP contribution in [0, 0.1) is 12.3 Å². The molecule has 10 nitrogen and oxygen atoms in total. The Balaban J connectivity index is 1.18. The Kier molecular flexibility index (Phi) is 8.02. The molecule has 8 rings (SSSR count). The van der Waals surface area contributed by atoms with Crippen LogP contribution in [-0.4, -0.2) is 76.6 Å². The number of rotatable bonds is 7. The van der Waals surface area contributed by atoms with Crippen molar-refractivity contribution in [3.63, 3.8) is 0 Å². The van der Waals surface area contributed by atoms with E-state index in [0.717, 1.165) is 91.1 Å². The Bertz CT molecular complexity index is 1980. The zero-order chi connectivity index (χ0) is 34.9. The van der Waals surface area contributed by atoms with Crippen LogP contribution in [0.1, 0.15) is 87.3 Å². The second kappa shape index (κ2) is 12.2. The van der Waals surface area contributed by atoms with E-state index in [2.05, 4.69) is 82.3 Å². The van der Waals surface area contributed by atoms with E-state index in [0.29, 0.717) is 22.8 Å². The van der Waals surface area contributed by atoms with Crippen LogP contribution in [0.25, 0.3) is 22.3 Å². The average Bonchev–Trinajstić information content (AvgIpc) is 3.74. The minimum Gasteiger partial charge on any atom is -0.355 e. The smallest absolute Gasteiger partial charge is 0.251 e. The number of hydrogen-bond acceptors (Lipinski definition) is 7. The molecule has 2 amide bonds. The van der Waals surface area contributed by atoms with Gasteiger partial charge in [-0.05, 0) is 113 Å². The van der Waals surface area contributed by atoms with E-state index >= 15 is 0 Å². The van der Waals surface area contributed by atoms with Crippen molar-refractivity contribution in [3.05, 3.63) is 65.5 Å². The summed E-state index contributed by atoms with van der Waals surface area (Å²) < 4.78 is 2.13. The number of likely N-dealkylation sites (tertiary alicyclic amines) is 1. The summed E-state index contributed by atoms with van der Waals surface area (Å²) in [4.78, 5) is 42.1. The third-order valence-corrected chi connectivity index (χ3v) is 11.9. The van der Waals surface area contributed by atoms with Crippen LogP contribution in [0.4, 0.5) is 17.2 Å². The number of anilines is 3. The molecule has 3 fully saturated rings. The van der Waals surface area contributed by atoms with Crippen molar-refractivity contribution in [1.82, 2.24) is 30.1 Å². The van der Waals surface area contributed by atoms with Crippen LogP contribution in [0.15, 0.2) is 48.8 Å². The summed E-state index contributed by atoms with van der Waals surface area (Å²) in [5, 5.41) is 9.78. The second-order valence-electron chi connectivity index (χ2n) is 16.1. The van der Waals surface area contributed by atoms with Crippen LogP contribution in [0.3, 0.4) is 0 Å². The van der Waals surface area contributed by atoms with Crippen molar-refractivity contribution in [3.8, 4) is 11.3 Å². The number of amides is 2. The summed E-state index contributed by atoms with van der Waals surface area (Å²) in [6.45, 7) is 14.9. The number of aromatic nitrogens is 3. The van der Waals surface area contributed by atoms with Gasteiger partial charge in [0.15, 0.2) is 5.82 Å². The highest BCUT2D eigenvalue weighted by molar-refractivity contribution is 6.09. The van der Waals surface area contributed by atoms with Gasteiger partial charge in [0, 0.05) is 54.2 Å². The van der Waals surface area contributed by atoms with E-state index in [4.69, 9.17) is 9.97 Å². The third-order valence-electron chi connectivity index (χ3n) is 11.9. The van der Waals surface area contributed by atoms with Gasteiger partial charge >= 0.3 is 0 Å². The van der Waals surface area contributed by atoms with Crippen LogP contribution >= 0.6 is 0 Å². The highest BCUT2D eigenvalue weighted by Gasteiger charge is 2.55. The number of carbonyl (C=O) groups excluding carboxylic acids is 2. The molecule has 1 saturated carbocycles. The molecular weight excluding hydrogens is 624 g/mol. The van der Waals surface area contributed by atoms with Gasteiger partial charge in [-0.25, -0.2) is 9.97 Å². The van der Waals surface area contributed by atoms with Gasteiger partial charge < -0.3 is 25.4 Å². The van der Waals surface area contributed by atoms with Crippen molar-refractivity contribution >= 4 is 40.0 Å². The molecule has 3 N–H and O–H groups in total. The number of nitrogens with zero attached hydrogens (tertiary/aromatic N) is 5.